The highest BCUT2D eigenvalue weighted by atomic mass is 32.1. The average molecular weight is 1020 g/mol. The van der Waals surface area contributed by atoms with Gasteiger partial charge >= 0.3 is 14.2 Å². The number of aromatic nitrogens is 4. The van der Waals surface area contributed by atoms with Crippen molar-refractivity contribution in [2.75, 3.05) is 0 Å². The Labute approximate surface area is 444 Å². The van der Waals surface area contributed by atoms with E-state index in [1.165, 1.54) is 237 Å². The minimum absolute atomic E-state index is 0.354. The summed E-state index contributed by atoms with van der Waals surface area (Å²) >= 11 is 2.34. The van der Waals surface area contributed by atoms with E-state index in [0.717, 1.165) is 73.5 Å². The SMILES string of the molecule is CCCCCCCCCCC1(CCCCCCCCCC)c2cc3c(cc2-c2c1cc(B(O)O)c1nsnc21)C(CCCCCCCCCC)(CCCCCCCCCC)c1cc(B(O)O)c2nsnc2c1-3. The van der Waals surface area contributed by atoms with Crippen molar-refractivity contribution in [3.05, 3.63) is 46.5 Å². The molecule has 2 heterocycles. The fourth-order valence-electron chi connectivity index (χ4n) is 13.3. The van der Waals surface area contributed by atoms with Crippen LogP contribution in [0.1, 0.15) is 281 Å². The zero-order valence-electron chi connectivity index (χ0n) is 45.3. The van der Waals surface area contributed by atoms with Gasteiger partial charge in [0.2, 0.25) is 0 Å². The van der Waals surface area contributed by atoms with Gasteiger partial charge in [0.05, 0.1) is 23.5 Å². The molecule has 2 aliphatic carbocycles. The first kappa shape index (κ1) is 57.0. The predicted molar refractivity (Wildman–Crippen MR) is 309 cm³/mol. The second kappa shape index (κ2) is 29.0. The van der Waals surface area contributed by atoms with Gasteiger partial charge in [0.1, 0.15) is 22.1 Å². The van der Waals surface area contributed by atoms with Crippen molar-refractivity contribution in [3.63, 3.8) is 0 Å². The summed E-state index contributed by atoms with van der Waals surface area (Å²) in [4.78, 5) is 0. The molecule has 0 saturated carbocycles. The van der Waals surface area contributed by atoms with Crippen molar-refractivity contribution in [2.24, 2.45) is 0 Å². The van der Waals surface area contributed by atoms with Crippen LogP contribution in [0.5, 0.6) is 0 Å². The minimum Gasteiger partial charge on any atom is -0.423 e. The third-order valence-corrected chi connectivity index (χ3v) is 18.3. The summed E-state index contributed by atoms with van der Waals surface area (Å²) in [5.41, 5.74) is 12.8. The average Bonchev–Trinajstić information content (AvgIpc) is 4.17. The smallest absolute Gasteiger partial charge is 0.423 e. The first-order chi connectivity index (χ1) is 35.3. The summed E-state index contributed by atoms with van der Waals surface area (Å²) in [5.74, 6) is 0. The lowest BCUT2D eigenvalue weighted by atomic mass is 9.67. The van der Waals surface area contributed by atoms with Crippen LogP contribution in [0, 0.1) is 0 Å². The number of fused-ring (bicyclic) bond motifs is 10. The Morgan fingerprint density at radius 2 is 0.583 bits per heavy atom. The van der Waals surface area contributed by atoms with Gasteiger partial charge in [-0.3, -0.25) is 0 Å². The van der Waals surface area contributed by atoms with Crippen LogP contribution in [0.25, 0.3) is 44.3 Å². The second-order valence-electron chi connectivity index (χ2n) is 22.5. The zero-order chi connectivity index (χ0) is 50.8. The van der Waals surface area contributed by atoms with E-state index in [1.54, 1.807) is 0 Å². The van der Waals surface area contributed by atoms with E-state index in [4.69, 9.17) is 17.5 Å². The van der Waals surface area contributed by atoms with Gasteiger partial charge in [-0.2, -0.15) is 17.5 Å². The van der Waals surface area contributed by atoms with E-state index < -0.39 is 14.2 Å². The van der Waals surface area contributed by atoms with Gasteiger partial charge in [-0.05, 0) is 71.2 Å². The number of unbranched alkanes of at least 4 members (excludes halogenated alkanes) is 28. The Morgan fingerprint density at radius 3 is 0.847 bits per heavy atom. The molecule has 394 valence electrons. The molecule has 4 N–H and O–H groups in total. The van der Waals surface area contributed by atoms with E-state index in [-0.39, 0.29) is 10.8 Å². The highest BCUT2D eigenvalue weighted by Crippen LogP contribution is 2.62. The standard InChI is InChI=1S/C60H92B2N4O4S2/c1-5-9-13-17-21-25-29-33-37-59(38-34-30-26-22-18-14-10-6-2)47-41-46-48(42-45(47)53-49(59)43-51(61(67)68)55-57(53)65-71-63-55)60(39-35-31-27-23-19-15-11-7-3,40-36-32-28-24-20-16-12-8-4)50-44-52(62(69)70)56-58(54(46)50)66-72-64-56/h41-44,67-70H,5-40H2,1-4H3. The van der Waals surface area contributed by atoms with Crippen LogP contribution in [0.2, 0.25) is 0 Å². The number of nitrogens with zero attached hydrogens (tertiary/aromatic N) is 4. The molecule has 12 heteroatoms. The maximum Gasteiger partial charge on any atom is 0.490 e. The van der Waals surface area contributed by atoms with Gasteiger partial charge in [0, 0.05) is 32.9 Å². The molecular formula is C60H92B2N4O4S2. The highest BCUT2D eigenvalue weighted by Gasteiger charge is 2.50. The fourth-order valence-corrected chi connectivity index (χ4v) is 14.4. The first-order valence-electron chi connectivity index (χ1n) is 29.8. The van der Waals surface area contributed by atoms with Gasteiger partial charge in [-0.25, -0.2) is 0 Å². The largest absolute Gasteiger partial charge is 0.490 e. The highest BCUT2D eigenvalue weighted by molar-refractivity contribution is 7.00. The topological polar surface area (TPSA) is 132 Å². The third kappa shape index (κ3) is 13.3. The Hall–Kier alpha value is -2.73. The van der Waals surface area contributed by atoms with Gasteiger partial charge in [-0.1, -0.05) is 245 Å². The molecule has 0 amide bonds. The maximum absolute atomic E-state index is 11.1. The molecule has 0 atom stereocenters. The van der Waals surface area contributed by atoms with Gasteiger partial charge < -0.3 is 20.1 Å². The normalized spacial score (nSPS) is 14.1. The summed E-state index contributed by atoms with van der Waals surface area (Å²) in [6.45, 7) is 9.15. The number of benzene rings is 3. The molecule has 8 nitrogen and oxygen atoms in total. The van der Waals surface area contributed by atoms with Crippen LogP contribution in [0.15, 0.2) is 24.3 Å². The van der Waals surface area contributed by atoms with Crippen molar-refractivity contribution in [1.82, 2.24) is 17.5 Å². The van der Waals surface area contributed by atoms with Crippen LogP contribution in [0.4, 0.5) is 0 Å². The fraction of sp³-hybridized carbons (Fsp3) is 0.700. The number of hydrogen-bond donors (Lipinski definition) is 4. The molecular weight excluding hydrogens is 926 g/mol. The minimum atomic E-state index is -1.65. The van der Waals surface area contributed by atoms with Crippen LogP contribution >= 0.6 is 23.5 Å². The summed E-state index contributed by atoms with van der Waals surface area (Å²) in [6, 6.07) is 9.39. The summed E-state index contributed by atoms with van der Waals surface area (Å²) in [7, 11) is -3.31. The van der Waals surface area contributed by atoms with Crippen molar-refractivity contribution in [3.8, 4) is 22.3 Å². The molecule has 5 aromatic rings. The molecule has 0 radical (unpaired) electrons. The van der Waals surface area contributed by atoms with E-state index in [1.807, 2.05) is 0 Å². The van der Waals surface area contributed by atoms with Gasteiger partial charge in [0.15, 0.2) is 0 Å². The van der Waals surface area contributed by atoms with Crippen molar-refractivity contribution in [1.29, 1.82) is 0 Å². The predicted octanol–water partition coefficient (Wildman–Crippen LogP) is 15.7. The van der Waals surface area contributed by atoms with Gasteiger partial charge in [0.25, 0.3) is 0 Å². The summed E-state index contributed by atoms with van der Waals surface area (Å²) < 4.78 is 19.6. The first-order valence-corrected chi connectivity index (χ1v) is 31.2. The zero-order valence-corrected chi connectivity index (χ0v) is 46.9. The van der Waals surface area contributed by atoms with E-state index in [0.29, 0.717) is 22.0 Å². The molecule has 0 spiro atoms. The number of rotatable bonds is 38. The summed E-state index contributed by atoms with van der Waals surface area (Å²) in [6.07, 6.45) is 43.8. The molecule has 72 heavy (non-hydrogen) atoms. The molecule has 0 bridgehead atoms. The lowest BCUT2D eigenvalue weighted by molar-refractivity contribution is 0.393. The lowest BCUT2D eigenvalue weighted by Crippen LogP contribution is -2.34. The number of hydrogen-bond acceptors (Lipinski definition) is 10. The molecule has 2 aromatic heterocycles. The molecule has 0 fully saturated rings. The quantitative estimate of drug-likeness (QED) is 0.0227. The molecule has 7 rings (SSSR count). The van der Waals surface area contributed by atoms with Crippen molar-refractivity contribution < 1.29 is 20.1 Å². The second-order valence-corrected chi connectivity index (χ2v) is 23.5. The molecule has 0 saturated heterocycles. The van der Waals surface area contributed by atoms with E-state index >= 15 is 0 Å². The third-order valence-electron chi connectivity index (χ3n) is 17.3. The molecule has 0 unspecified atom stereocenters. The van der Waals surface area contributed by atoms with Crippen LogP contribution in [-0.2, 0) is 10.8 Å². The summed E-state index contributed by atoms with van der Waals surface area (Å²) in [5, 5.41) is 44.3. The van der Waals surface area contributed by atoms with Crippen molar-refractivity contribution >= 4 is 70.7 Å². The van der Waals surface area contributed by atoms with E-state index in [9.17, 15) is 20.1 Å². The van der Waals surface area contributed by atoms with E-state index in [2.05, 4.69) is 52.0 Å². The van der Waals surface area contributed by atoms with Crippen LogP contribution in [-0.4, -0.2) is 51.8 Å². The maximum atomic E-state index is 11.1. The Kier molecular flexibility index (Phi) is 22.9. The molecule has 2 aliphatic rings. The molecule has 3 aromatic carbocycles. The van der Waals surface area contributed by atoms with Crippen LogP contribution < -0.4 is 10.9 Å². The van der Waals surface area contributed by atoms with Gasteiger partial charge in [-0.15, -0.1) is 0 Å². The Morgan fingerprint density at radius 1 is 0.333 bits per heavy atom. The van der Waals surface area contributed by atoms with Crippen LogP contribution in [0.3, 0.4) is 0 Å². The van der Waals surface area contributed by atoms with Crippen molar-refractivity contribution in [2.45, 2.75) is 270 Å². The molecule has 0 aliphatic heterocycles. The Balaban J connectivity index is 1.38. The monoisotopic (exact) mass is 1020 g/mol. The lowest BCUT2D eigenvalue weighted by Gasteiger charge is -2.35. The Bertz CT molecular complexity index is 2210.